The van der Waals surface area contributed by atoms with E-state index >= 15 is 0 Å². The Morgan fingerprint density at radius 1 is 1.32 bits per heavy atom. The molecule has 3 nitrogen and oxygen atoms in total. The van der Waals surface area contributed by atoms with Crippen molar-refractivity contribution in [2.45, 2.75) is 18.9 Å². The molecule has 1 aromatic carbocycles. The lowest BCUT2D eigenvalue weighted by Gasteiger charge is -2.24. The zero-order valence-corrected chi connectivity index (χ0v) is 11.0. The topological polar surface area (TPSA) is 32.7 Å². The molecule has 104 valence electrons. The fraction of sp³-hybridized carbons (Fsp3) is 0.600. The molecule has 0 bridgehead atoms. The third kappa shape index (κ3) is 2.81. The minimum atomic E-state index is -0.543. The Kier molecular flexibility index (Phi) is 3.56. The monoisotopic (exact) mass is 265 g/mol. The highest BCUT2D eigenvalue weighted by atomic mass is 19.1. The summed E-state index contributed by atoms with van der Waals surface area (Å²) in [5, 5.41) is 10.2. The average Bonchev–Trinajstić information content (AvgIpc) is 3.01. The summed E-state index contributed by atoms with van der Waals surface area (Å²) < 4.78 is 18.4. The van der Waals surface area contributed by atoms with Crippen LogP contribution in [0.5, 0.6) is 0 Å². The van der Waals surface area contributed by atoms with Gasteiger partial charge in [-0.2, -0.15) is 0 Å². The molecule has 2 unspecified atom stereocenters. The van der Waals surface area contributed by atoms with Gasteiger partial charge in [-0.25, -0.2) is 4.39 Å². The van der Waals surface area contributed by atoms with Gasteiger partial charge in [-0.15, -0.1) is 0 Å². The van der Waals surface area contributed by atoms with Crippen LogP contribution in [0.25, 0.3) is 0 Å². The zero-order chi connectivity index (χ0) is 13.3. The number of halogens is 1. The smallest absolute Gasteiger partial charge is 0.123 e. The lowest BCUT2D eigenvalue weighted by molar-refractivity contribution is 0.112. The van der Waals surface area contributed by atoms with Crippen LogP contribution in [0.4, 0.5) is 4.39 Å². The van der Waals surface area contributed by atoms with E-state index in [1.165, 1.54) is 12.1 Å². The van der Waals surface area contributed by atoms with Crippen LogP contribution in [0.2, 0.25) is 0 Å². The molecule has 2 fully saturated rings. The Morgan fingerprint density at radius 3 is 2.79 bits per heavy atom. The predicted molar refractivity (Wildman–Crippen MR) is 70.3 cm³/mol. The van der Waals surface area contributed by atoms with Crippen molar-refractivity contribution >= 4 is 0 Å². The van der Waals surface area contributed by atoms with E-state index in [2.05, 4.69) is 4.90 Å². The molecular weight excluding hydrogens is 245 g/mol. The minimum absolute atomic E-state index is 0.265. The second-order valence-corrected chi connectivity index (χ2v) is 5.86. The molecule has 2 aliphatic rings. The molecule has 0 aromatic heterocycles. The number of hydrogen-bond acceptors (Lipinski definition) is 3. The third-order valence-corrected chi connectivity index (χ3v) is 4.39. The molecule has 0 amide bonds. The molecule has 0 aliphatic carbocycles. The summed E-state index contributed by atoms with van der Waals surface area (Å²) in [6.45, 7) is 4.37. The fourth-order valence-corrected chi connectivity index (χ4v) is 3.19. The van der Waals surface area contributed by atoms with Crippen LogP contribution in [-0.2, 0) is 4.74 Å². The Hall–Kier alpha value is -0.970. The Morgan fingerprint density at radius 2 is 2.11 bits per heavy atom. The highest BCUT2D eigenvalue weighted by Crippen LogP contribution is 2.38. The van der Waals surface area contributed by atoms with E-state index in [-0.39, 0.29) is 5.82 Å². The second kappa shape index (κ2) is 5.19. The largest absolute Gasteiger partial charge is 0.387 e. The number of β-amino-alcohol motifs (C(OH)–C–C–N with tert-alkyl or cyclic N) is 1. The van der Waals surface area contributed by atoms with Gasteiger partial charge in [0.2, 0.25) is 0 Å². The van der Waals surface area contributed by atoms with Gasteiger partial charge in [0, 0.05) is 25.1 Å². The van der Waals surface area contributed by atoms with Gasteiger partial charge in [0.1, 0.15) is 5.82 Å². The van der Waals surface area contributed by atoms with Crippen LogP contribution < -0.4 is 0 Å². The number of likely N-dealkylation sites (tertiary alicyclic amines) is 1. The molecule has 4 heteroatoms. The third-order valence-electron chi connectivity index (χ3n) is 4.39. The summed E-state index contributed by atoms with van der Waals surface area (Å²) in [5.41, 5.74) is 1.10. The number of aliphatic hydroxyl groups is 1. The van der Waals surface area contributed by atoms with Crippen LogP contribution >= 0.6 is 0 Å². The van der Waals surface area contributed by atoms with E-state index in [1.54, 1.807) is 12.1 Å². The zero-order valence-electron chi connectivity index (χ0n) is 11.0. The first-order chi connectivity index (χ1) is 9.17. The summed E-state index contributed by atoms with van der Waals surface area (Å²) >= 11 is 0. The maximum atomic E-state index is 12.8. The predicted octanol–water partition coefficient (Wildman–Crippen LogP) is 1.97. The van der Waals surface area contributed by atoms with Gasteiger partial charge in [0.05, 0.1) is 12.7 Å². The highest BCUT2D eigenvalue weighted by molar-refractivity contribution is 5.18. The van der Waals surface area contributed by atoms with Crippen molar-refractivity contribution in [2.24, 2.45) is 5.41 Å². The summed E-state index contributed by atoms with van der Waals surface area (Å²) in [4.78, 5) is 2.29. The molecule has 2 saturated heterocycles. The Labute approximate surface area is 113 Å². The maximum absolute atomic E-state index is 12.8. The number of aliphatic hydroxyl groups excluding tert-OH is 1. The molecule has 2 atom stereocenters. The van der Waals surface area contributed by atoms with Crippen LogP contribution in [0.1, 0.15) is 24.5 Å². The van der Waals surface area contributed by atoms with E-state index in [1.807, 2.05) is 0 Å². The van der Waals surface area contributed by atoms with E-state index in [0.29, 0.717) is 12.0 Å². The standard InChI is InChI=1S/C15H20FNO2/c16-13-3-1-12(2-4-13)14(18)9-17-7-5-15(10-17)6-8-19-11-15/h1-4,14,18H,5-11H2. The first kappa shape index (κ1) is 13.0. The van der Waals surface area contributed by atoms with Gasteiger partial charge in [-0.05, 0) is 37.1 Å². The summed E-state index contributed by atoms with van der Waals surface area (Å²) in [7, 11) is 0. The Bertz CT molecular complexity index is 428. The van der Waals surface area contributed by atoms with Crippen molar-refractivity contribution in [1.29, 1.82) is 0 Å². The van der Waals surface area contributed by atoms with Gasteiger partial charge in [-0.1, -0.05) is 12.1 Å². The van der Waals surface area contributed by atoms with Gasteiger partial charge in [0.25, 0.3) is 0 Å². The molecule has 1 aromatic rings. The van der Waals surface area contributed by atoms with Crippen molar-refractivity contribution in [3.05, 3.63) is 35.6 Å². The average molecular weight is 265 g/mol. The first-order valence-electron chi connectivity index (χ1n) is 6.91. The SMILES string of the molecule is OC(CN1CCC2(CCOC2)C1)c1ccc(F)cc1. The summed E-state index contributed by atoms with van der Waals surface area (Å²) in [5.74, 6) is -0.265. The summed E-state index contributed by atoms with van der Waals surface area (Å²) in [6, 6.07) is 6.11. The van der Waals surface area contributed by atoms with Crippen LogP contribution in [0.15, 0.2) is 24.3 Å². The van der Waals surface area contributed by atoms with E-state index < -0.39 is 6.10 Å². The van der Waals surface area contributed by atoms with Gasteiger partial charge in [0.15, 0.2) is 0 Å². The van der Waals surface area contributed by atoms with E-state index in [0.717, 1.165) is 44.7 Å². The van der Waals surface area contributed by atoms with Crippen LogP contribution in [0, 0.1) is 11.2 Å². The lowest BCUT2D eigenvalue weighted by Crippen LogP contribution is -2.30. The van der Waals surface area contributed by atoms with E-state index in [4.69, 9.17) is 4.74 Å². The van der Waals surface area contributed by atoms with Crippen LogP contribution in [-0.4, -0.2) is 42.9 Å². The molecule has 19 heavy (non-hydrogen) atoms. The van der Waals surface area contributed by atoms with Crippen LogP contribution in [0.3, 0.4) is 0 Å². The van der Waals surface area contributed by atoms with Gasteiger partial charge in [-0.3, -0.25) is 4.90 Å². The molecule has 2 heterocycles. The van der Waals surface area contributed by atoms with Crippen molar-refractivity contribution in [3.8, 4) is 0 Å². The first-order valence-corrected chi connectivity index (χ1v) is 6.91. The molecule has 3 rings (SSSR count). The van der Waals surface area contributed by atoms with E-state index in [9.17, 15) is 9.50 Å². The normalized spacial score (nSPS) is 29.2. The maximum Gasteiger partial charge on any atom is 0.123 e. The molecule has 0 radical (unpaired) electrons. The lowest BCUT2D eigenvalue weighted by atomic mass is 9.87. The van der Waals surface area contributed by atoms with Crippen molar-refractivity contribution in [1.82, 2.24) is 4.90 Å². The number of hydrogen-bond donors (Lipinski definition) is 1. The number of benzene rings is 1. The minimum Gasteiger partial charge on any atom is -0.387 e. The van der Waals surface area contributed by atoms with Gasteiger partial charge < -0.3 is 9.84 Å². The Balaban J connectivity index is 1.58. The quantitative estimate of drug-likeness (QED) is 0.907. The van der Waals surface area contributed by atoms with Crippen molar-refractivity contribution in [3.63, 3.8) is 0 Å². The van der Waals surface area contributed by atoms with Gasteiger partial charge >= 0.3 is 0 Å². The molecular formula is C15H20FNO2. The van der Waals surface area contributed by atoms with Crippen molar-refractivity contribution < 1.29 is 14.2 Å². The molecule has 2 aliphatic heterocycles. The number of nitrogens with zero attached hydrogens (tertiary/aromatic N) is 1. The molecule has 1 spiro atoms. The molecule has 0 saturated carbocycles. The highest BCUT2D eigenvalue weighted by Gasteiger charge is 2.41. The van der Waals surface area contributed by atoms with Crippen molar-refractivity contribution in [2.75, 3.05) is 32.8 Å². The number of ether oxygens (including phenoxy) is 1. The molecule has 1 N–H and O–H groups in total. The number of rotatable bonds is 3. The second-order valence-electron chi connectivity index (χ2n) is 5.86. The summed E-state index contributed by atoms with van der Waals surface area (Å²) in [6.07, 6.45) is 1.75. The fourth-order valence-electron chi connectivity index (χ4n) is 3.19.